The van der Waals surface area contributed by atoms with E-state index in [-0.39, 0.29) is 18.4 Å². The number of amides is 2. The maximum atomic E-state index is 12.2. The van der Waals surface area contributed by atoms with Crippen LogP contribution in [0, 0.1) is 0 Å². The Morgan fingerprint density at radius 3 is 2.68 bits per heavy atom. The summed E-state index contributed by atoms with van der Waals surface area (Å²) in [6.07, 6.45) is 1.53. The highest BCUT2D eigenvalue weighted by molar-refractivity contribution is 8.15. The lowest BCUT2D eigenvalue weighted by atomic mass is 10.2. The first-order chi connectivity index (χ1) is 15.1. The number of nitrogens with one attached hydrogen (secondary N) is 2. The van der Waals surface area contributed by atoms with Crippen LogP contribution < -0.4 is 24.8 Å². The van der Waals surface area contributed by atoms with Gasteiger partial charge in [0.15, 0.2) is 23.3 Å². The van der Waals surface area contributed by atoms with Crippen LogP contribution >= 0.6 is 11.8 Å². The van der Waals surface area contributed by atoms with E-state index in [0.717, 1.165) is 11.3 Å². The lowest BCUT2D eigenvalue weighted by Crippen LogP contribution is -2.20. The fourth-order valence-corrected chi connectivity index (χ4v) is 3.18. The van der Waals surface area contributed by atoms with Crippen molar-refractivity contribution in [3.63, 3.8) is 0 Å². The predicted molar refractivity (Wildman–Crippen MR) is 120 cm³/mol. The number of hydrogen-bond acceptors (Lipinski definition) is 8. The van der Waals surface area contributed by atoms with Crippen molar-refractivity contribution < 1.29 is 23.8 Å². The topological polar surface area (TPSA) is 111 Å². The molecule has 3 rings (SSSR count). The Bertz CT molecular complexity index is 992. The number of carbonyl (C=O) groups is 2. The van der Waals surface area contributed by atoms with E-state index in [4.69, 9.17) is 14.2 Å². The summed E-state index contributed by atoms with van der Waals surface area (Å²) in [5.41, 5.74) is 1.37. The molecular formula is C21H22N4O5S. The van der Waals surface area contributed by atoms with Crippen LogP contribution in [0.2, 0.25) is 0 Å². The Morgan fingerprint density at radius 2 is 2.00 bits per heavy atom. The number of anilines is 1. The van der Waals surface area contributed by atoms with Gasteiger partial charge in [-0.1, -0.05) is 11.8 Å². The Kier molecular flexibility index (Phi) is 7.88. The van der Waals surface area contributed by atoms with Gasteiger partial charge in [0.1, 0.15) is 5.75 Å². The number of hydrogen-bond donors (Lipinski definition) is 2. The predicted octanol–water partition coefficient (Wildman–Crippen LogP) is 2.66. The van der Waals surface area contributed by atoms with Crippen molar-refractivity contribution in [3.8, 4) is 17.2 Å². The summed E-state index contributed by atoms with van der Waals surface area (Å²) in [6, 6.07) is 12.2. The molecule has 2 aromatic rings. The molecule has 0 saturated carbocycles. The summed E-state index contributed by atoms with van der Waals surface area (Å²) in [7, 11) is 1.51. The van der Waals surface area contributed by atoms with E-state index in [0.29, 0.717) is 34.7 Å². The summed E-state index contributed by atoms with van der Waals surface area (Å²) in [5, 5.41) is 13.7. The zero-order valence-electron chi connectivity index (χ0n) is 17.1. The molecule has 1 saturated heterocycles. The van der Waals surface area contributed by atoms with Crippen molar-refractivity contribution in [2.75, 3.05) is 31.4 Å². The van der Waals surface area contributed by atoms with Crippen LogP contribution in [-0.2, 0) is 9.59 Å². The van der Waals surface area contributed by atoms with Crippen molar-refractivity contribution in [1.82, 2.24) is 5.32 Å². The molecule has 1 aliphatic rings. The second kappa shape index (κ2) is 11.0. The summed E-state index contributed by atoms with van der Waals surface area (Å²) in [4.78, 5) is 23.3. The molecule has 2 aromatic carbocycles. The average molecular weight is 442 g/mol. The quantitative estimate of drug-likeness (QED) is 0.456. The van der Waals surface area contributed by atoms with Gasteiger partial charge in [-0.15, -0.1) is 5.10 Å². The molecule has 2 N–H and O–H groups in total. The first-order valence-electron chi connectivity index (χ1n) is 9.44. The number of benzene rings is 2. The van der Waals surface area contributed by atoms with E-state index in [9.17, 15) is 9.59 Å². The molecule has 1 heterocycles. The van der Waals surface area contributed by atoms with Gasteiger partial charge in [-0.2, -0.15) is 5.10 Å². The highest BCUT2D eigenvalue weighted by Crippen LogP contribution is 2.27. The summed E-state index contributed by atoms with van der Waals surface area (Å²) < 4.78 is 16.3. The third-order valence-corrected chi connectivity index (χ3v) is 4.80. The van der Waals surface area contributed by atoms with Crippen molar-refractivity contribution in [2.45, 2.75) is 6.92 Å². The number of amidine groups is 1. The van der Waals surface area contributed by atoms with Crippen molar-refractivity contribution >= 4 is 40.6 Å². The maximum Gasteiger partial charge on any atom is 0.262 e. The summed E-state index contributed by atoms with van der Waals surface area (Å²) >= 11 is 1.30. The normalized spacial score (nSPS) is 14.5. The van der Waals surface area contributed by atoms with Crippen LogP contribution in [0.1, 0.15) is 12.5 Å². The van der Waals surface area contributed by atoms with Gasteiger partial charge >= 0.3 is 0 Å². The van der Waals surface area contributed by atoms with Crippen molar-refractivity contribution in [3.05, 3.63) is 48.0 Å². The third-order valence-electron chi connectivity index (χ3n) is 3.94. The smallest absolute Gasteiger partial charge is 0.262 e. The van der Waals surface area contributed by atoms with Crippen LogP contribution in [-0.4, -0.2) is 49.3 Å². The lowest BCUT2D eigenvalue weighted by molar-refractivity contribution is -0.118. The van der Waals surface area contributed by atoms with Gasteiger partial charge < -0.3 is 24.8 Å². The molecule has 0 bridgehead atoms. The highest BCUT2D eigenvalue weighted by atomic mass is 32.2. The van der Waals surface area contributed by atoms with E-state index in [1.807, 2.05) is 6.92 Å². The van der Waals surface area contributed by atoms with Crippen molar-refractivity contribution in [1.29, 1.82) is 0 Å². The number of thioether (sulfide) groups is 1. The Morgan fingerprint density at radius 1 is 1.19 bits per heavy atom. The van der Waals surface area contributed by atoms with Crippen LogP contribution in [0.3, 0.4) is 0 Å². The molecular weight excluding hydrogens is 420 g/mol. The molecule has 9 nitrogen and oxygen atoms in total. The SMILES string of the molecule is CCOc1ccc(NC(=O)COc2ccc(C=NN=C3NC(=O)CS3)cc2OC)cc1. The molecule has 0 aliphatic carbocycles. The molecule has 0 unspecified atom stereocenters. The fraction of sp³-hybridized carbons (Fsp3) is 0.238. The number of rotatable bonds is 9. The number of nitrogens with zero attached hydrogens (tertiary/aromatic N) is 2. The van der Waals surface area contributed by atoms with E-state index in [2.05, 4.69) is 20.8 Å². The third kappa shape index (κ3) is 6.75. The maximum absolute atomic E-state index is 12.2. The average Bonchev–Trinajstić information content (AvgIpc) is 3.19. The van der Waals surface area contributed by atoms with Crippen molar-refractivity contribution in [2.24, 2.45) is 10.2 Å². The number of methoxy groups -OCH3 is 1. The Labute approximate surface area is 183 Å². The van der Waals surface area contributed by atoms with Gasteiger partial charge in [-0.3, -0.25) is 9.59 Å². The van der Waals surface area contributed by atoms with Gasteiger partial charge in [0.05, 0.1) is 25.7 Å². The minimum absolute atomic E-state index is 0.0892. The molecule has 0 radical (unpaired) electrons. The number of ether oxygens (including phenoxy) is 3. The zero-order chi connectivity index (χ0) is 22.1. The van der Waals surface area contributed by atoms with Crippen LogP contribution in [0.5, 0.6) is 17.2 Å². The molecule has 1 fully saturated rings. The van der Waals surface area contributed by atoms with Crippen LogP contribution in [0.4, 0.5) is 5.69 Å². The molecule has 0 atom stereocenters. The second-order valence-electron chi connectivity index (χ2n) is 6.19. The van der Waals surface area contributed by atoms with E-state index in [1.165, 1.54) is 25.1 Å². The van der Waals surface area contributed by atoms with Gasteiger partial charge in [0.25, 0.3) is 5.91 Å². The minimum Gasteiger partial charge on any atom is -0.494 e. The van der Waals surface area contributed by atoms with E-state index < -0.39 is 0 Å². The van der Waals surface area contributed by atoms with Gasteiger partial charge in [0.2, 0.25) is 5.91 Å². The zero-order valence-corrected chi connectivity index (χ0v) is 17.9. The van der Waals surface area contributed by atoms with Gasteiger partial charge in [-0.25, -0.2) is 0 Å². The fourth-order valence-electron chi connectivity index (χ4n) is 2.55. The molecule has 31 heavy (non-hydrogen) atoms. The largest absolute Gasteiger partial charge is 0.494 e. The number of carbonyl (C=O) groups excluding carboxylic acids is 2. The Balaban J connectivity index is 1.54. The molecule has 162 valence electrons. The molecule has 0 spiro atoms. The lowest BCUT2D eigenvalue weighted by Gasteiger charge is -2.11. The first-order valence-corrected chi connectivity index (χ1v) is 10.4. The van der Waals surface area contributed by atoms with Crippen LogP contribution in [0.15, 0.2) is 52.7 Å². The molecule has 0 aromatic heterocycles. The standard InChI is InChI=1S/C21H22N4O5S/c1-3-29-16-7-5-15(6-8-16)23-19(26)12-30-17-9-4-14(10-18(17)28-2)11-22-25-21-24-20(27)13-31-21/h4-11H,3,12-13H2,1-2H3,(H,23,26)(H,24,25,27). The summed E-state index contributed by atoms with van der Waals surface area (Å²) in [6.45, 7) is 2.31. The monoisotopic (exact) mass is 442 g/mol. The second-order valence-corrected chi connectivity index (χ2v) is 7.16. The van der Waals surface area contributed by atoms with E-state index >= 15 is 0 Å². The Hall–Kier alpha value is -3.53. The van der Waals surface area contributed by atoms with Crippen LogP contribution in [0.25, 0.3) is 0 Å². The van der Waals surface area contributed by atoms with E-state index in [1.54, 1.807) is 42.5 Å². The molecule has 1 aliphatic heterocycles. The summed E-state index contributed by atoms with van der Waals surface area (Å²) in [5.74, 6) is 1.57. The molecule has 10 heteroatoms. The first kappa shape index (κ1) is 22.2. The highest BCUT2D eigenvalue weighted by Gasteiger charge is 2.16. The van der Waals surface area contributed by atoms with Gasteiger partial charge in [0, 0.05) is 5.69 Å². The minimum atomic E-state index is -0.302. The van der Waals surface area contributed by atoms with Gasteiger partial charge in [-0.05, 0) is 55.0 Å². The molecule has 2 amide bonds.